The van der Waals surface area contributed by atoms with E-state index in [0.29, 0.717) is 13.0 Å². The molecule has 0 saturated heterocycles. The third kappa shape index (κ3) is 2.47. The fourth-order valence-corrected chi connectivity index (χ4v) is 1.65. The molecule has 0 aromatic heterocycles. The van der Waals surface area contributed by atoms with Gasteiger partial charge in [-0.3, -0.25) is 0 Å². The van der Waals surface area contributed by atoms with Crippen LogP contribution < -0.4 is 0 Å². The van der Waals surface area contributed by atoms with Crippen molar-refractivity contribution < 1.29 is 30.3 Å². The van der Waals surface area contributed by atoms with Crippen LogP contribution in [0.5, 0.6) is 0 Å². The van der Waals surface area contributed by atoms with Crippen LogP contribution >= 0.6 is 0 Å². The molecule has 90 valence electrons. The van der Waals surface area contributed by atoms with E-state index in [1.54, 1.807) is 0 Å². The second kappa shape index (κ2) is 5.20. The highest BCUT2D eigenvalue weighted by Crippen LogP contribution is 2.23. The molecule has 0 spiro atoms. The topological polar surface area (TPSA) is 110 Å². The summed E-state index contributed by atoms with van der Waals surface area (Å²) in [5, 5.41) is 47.0. The summed E-state index contributed by atoms with van der Waals surface area (Å²) in [5.41, 5.74) is 0. The molecule has 0 aromatic rings. The quantitative estimate of drug-likeness (QED) is 0.364. The Balaban J connectivity index is 2.68. The maximum absolute atomic E-state index is 9.52. The minimum Gasteiger partial charge on any atom is -0.387 e. The van der Waals surface area contributed by atoms with Crippen molar-refractivity contribution in [2.75, 3.05) is 6.61 Å². The summed E-state index contributed by atoms with van der Waals surface area (Å²) in [6.45, 7) is 2.15. The first-order chi connectivity index (χ1) is 7.00. The predicted octanol–water partition coefficient (Wildman–Crippen LogP) is -2.40. The molecular formula is C9H18O6. The Kier molecular flexibility index (Phi) is 4.45. The van der Waals surface area contributed by atoms with Gasteiger partial charge < -0.3 is 30.3 Å². The molecular weight excluding hydrogens is 204 g/mol. The molecule has 15 heavy (non-hydrogen) atoms. The van der Waals surface area contributed by atoms with Crippen molar-refractivity contribution in [3.63, 3.8) is 0 Å². The van der Waals surface area contributed by atoms with E-state index >= 15 is 0 Å². The molecule has 1 rings (SSSR count). The molecule has 6 nitrogen and oxygen atoms in total. The van der Waals surface area contributed by atoms with Gasteiger partial charge in [0.15, 0.2) is 0 Å². The van der Waals surface area contributed by atoms with E-state index in [1.165, 1.54) is 0 Å². The van der Waals surface area contributed by atoms with E-state index in [4.69, 9.17) is 4.74 Å². The summed E-state index contributed by atoms with van der Waals surface area (Å²) in [6, 6.07) is 0. The van der Waals surface area contributed by atoms with Crippen molar-refractivity contribution in [3.05, 3.63) is 0 Å². The molecule has 1 saturated carbocycles. The number of rotatable bonds is 3. The van der Waals surface area contributed by atoms with Gasteiger partial charge in [-0.2, -0.15) is 0 Å². The molecule has 0 aromatic carbocycles. The van der Waals surface area contributed by atoms with Crippen molar-refractivity contribution in [2.45, 2.75) is 50.0 Å². The Morgan fingerprint density at radius 1 is 0.800 bits per heavy atom. The van der Waals surface area contributed by atoms with E-state index in [0.717, 1.165) is 0 Å². The van der Waals surface area contributed by atoms with Crippen molar-refractivity contribution in [3.8, 4) is 0 Å². The van der Waals surface area contributed by atoms with Crippen LogP contribution in [-0.4, -0.2) is 68.8 Å². The van der Waals surface area contributed by atoms with Gasteiger partial charge >= 0.3 is 0 Å². The van der Waals surface area contributed by atoms with Crippen molar-refractivity contribution >= 4 is 0 Å². The monoisotopic (exact) mass is 222 g/mol. The molecule has 0 bridgehead atoms. The van der Waals surface area contributed by atoms with Crippen LogP contribution in [0.4, 0.5) is 0 Å². The smallest absolute Gasteiger partial charge is 0.114 e. The van der Waals surface area contributed by atoms with Crippen LogP contribution in [0, 0.1) is 0 Å². The van der Waals surface area contributed by atoms with E-state index < -0.39 is 36.6 Å². The summed E-state index contributed by atoms with van der Waals surface area (Å²) >= 11 is 0. The van der Waals surface area contributed by atoms with Crippen LogP contribution in [-0.2, 0) is 4.74 Å². The Hall–Kier alpha value is -0.240. The fraction of sp³-hybridized carbons (Fsp3) is 1.00. The third-order valence-corrected chi connectivity index (χ3v) is 2.59. The number of hydrogen-bond acceptors (Lipinski definition) is 6. The van der Waals surface area contributed by atoms with E-state index in [1.807, 2.05) is 6.92 Å². The summed E-state index contributed by atoms with van der Waals surface area (Å²) in [5.74, 6) is 0. The van der Waals surface area contributed by atoms with Crippen molar-refractivity contribution in [1.82, 2.24) is 0 Å². The largest absolute Gasteiger partial charge is 0.387 e. The predicted molar refractivity (Wildman–Crippen MR) is 50.1 cm³/mol. The van der Waals surface area contributed by atoms with Crippen molar-refractivity contribution in [2.24, 2.45) is 0 Å². The van der Waals surface area contributed by atoms with Gasteiger partial charge in [0.25, 0.3) is 0 Å². The van der Waals surface area contributed by atoms with Gasteiger partial charge in [0, 0.05) is 6.61 Å². The first-order valence-corrected chi connectivity index (χ1v) is 5.02. The zero-order valence-corrected chi connectivity index (χ0v) is 8.52. The standard InChI is InChI=1S/C9H18O6/c1-2-3-15-9-7(13)5(11)4(10)6(12)8(9)14/h4-14H,2-3H2,1H3/t4?,5-,6+,7-,8-,9?/m1/s1. The molecule has 0 radical (unpaired) electrons. The molecule has 2 unspecified atom stereocenters. The molecule has 1 aliphatic rings. The normalized spacial score (nSPS) is 46.8. The summed E-state index contributed by atoms with van der Waals surface area (Å²) in [7, 11) is 0. The van der Waals surface area contributed by atoms with Gasteiger partial charge in [-0.1, -0.05) is 6.92 Å². The zero-order chi connectivity index (χ0) is 11.6. The second-order valence-corrected chi connectivity index (χ2v) is 3.79. The van der Waals surface area contributed by atoms with E-state index in [9.17, 15) is 25.5 Å². The first-order valence-electron chi connectivity index (χ1n) is 5.02. The Bertz CT molecular complexity index is 183. The highest BCUT2D eigenvalue weighted by molar-refractivity contribution is 4.99. The van der Waals surface area contributed by atoms with Gasteiger partial charge in [0.2, 0.25) is 0 Å². The van der Waals surface area contributed by atoms with Crippen LogP contribution in [0.1, 0.15) is 13.3 Å². The summed E-state index contributed by atoms with van der Waals surface area (Å²) < 4.78 is 5.11. The molecule has 6 heteroatoms. The summed E-state index contributed by atoms with van der Waals surface area (Å²) in [6.07, 6.45) is -7.76. The number of aliphatic hydroxyl groups excluding tert-OH is 5. The molecule has 0 amide bonds. The Morgan fingerprint density at radius 3 is 1.60 bits per heavy atom. The molecule has 1 fully saturated rings. The van der Waals surface area contributed by atoms with Crippen LogP contribution in [0.15, 0.2) is 0 Å². The maximum atomic E-state index is 9.52. The maximum Gasteiger partial charge on any atom is 0.114 e. The van der Waals surface area contributed by atoms with Gasteiger partial charge in [0.05, 0.1) is 0 Å². The van der Waals surface area contributed by atoms with Gasteiger partial charge in [0.1, 0.15) is 36.6 Å². The zero-order valence-electron chi connectivity index (χ0n) is 8.52. The highest BCUT2D eigenvalue weighted by Gasteiger charge is 2.48. The summed E-state index contributed by atoms with van der Waals surface area (Å²) in [4.78, 5) is 0. The fourth-order valence-electron chi connectivity index (χ4n) is 1.65. The number of ether oxygens (including phenoxy) is 1. The minimum atomic E-state index is -1.56. The van der Waals surface area contributed by atoms with Gasteiger partial charge in [-0.05, 0) is 6.42 Å². The Morgan fingerprint density at radius 2 is 1.20 bits per heavy atom. The first kappa shape index (κ1) is 12.8. The lowest BCUT2D eigenvalue weighted by Crippen LogP contribution is -2.64. The lowest BCUT2D eigenvalue weighted by Gasteiger charge is -2.41. The van der Waals surface area contributed by atoms with Gasteiger partial charge in [-0.25, -0.2) is 0 Å². The highest BCUT2D eigenvalue weighted by atomic mass is 16.5. The molecule has 0 heterocycles. The molecule has 5 N–H and O–H groups in total. The lowest BCUT2D eigenvalue weighted by atomic mass is 9.85. The Labute approximate surface area is 87.7 Å². The number of hydrogen-bond donors (Lipinski definition) is 5. The molecule has 1 aliphatic carbocycles. The van der Waals surface area contributed by atoms with E-state index in [-0.39, 0.29) is 0 Å². The van der Waals surface area contributed by atoms with Crippen LogP contribution in [0.2, 0.25) is 0 Å². The van der Waals surface area contributed by atoms with Crippen molar-refractivity contribution in [1.29, 1.82) is 0 Å². The SMILES string of the molecule is CCCOC1[C@H](O)[C@H](O)C(O)[C@H](O)[C@H]1O. The van der Waals surface area contributed by atoms with Crippen LogP contribution in [0.3, 0.4) is 0 Å². The third-order valence-electron chi connectivity index (χ3n) is 2.59. The second-order valence-electron chi connectivity index (χ2n) is 3.79. The average molecular weight is 222 g/mol. The average Bonchev–Trinajstić information content (AvgIpc) is 2.24. The van der Waals surface area contributed by atoms with Gasteiger partial charge in [-0.15, -0.1) is 0 Å². The van der Waals surface area contributed by atoms with Crippen LogP contribution in [0.25, 0.3) is 0 Å². The number of aliphatic hydroxyl groups is 5. The lowest BCUT2D eigenvalue weighted by molar-refractivity contribution is -0.235. The molecule has 6 atom stereocenters. The molecule has 0 aliphatic heterocycles. The van der Waals surface area contributed by atoms with E-state index in [2.05, 4.69) is 0 Å². The minimum absolute atomic E-state index is 0.300.